The molecule has 1 N–H and O–H groups in total. The van der Waals surface area contributed by atoms with Crippen molar-refractivity contribution in [2.75, 3.05) is 29.9 Å². The summed E-state index contributed by atoms with van der Waals surface area (Å²) in [5.41, 5.74) is 1.88. The molecule has 1 saturated heterocycles. The molecule has 0 bridgehead atoms. The Morgan fingerprint density at radius 2 is 1.96 bits per heavy atom. The maximum absolute atomic E-state index is 12.4. The van der Waals surface area contributed by atoms with E-state index in [4.69, 9.17) is 9.47 Å². The van der Waals surface area contributed by atoms with Gasteiger partial charge in [-0.3, -0.25) is 4.79 Å². The first-order valence-corrected chi connectivity index (χ1v) is 8.95. The zero-order chi connectivity index (χ0) is 17.1. The van der Waals surface area contributed by atoms with Gasteiger partial charge in [0.05, 0.1) is 30.2 Å². The van der Waals surface area contributed by atoms with E-state index < -0.39 is 6.10 Å². The molecule has 24 heavy (non-hydrogen) atoms. The first-order valence-electron chi connectivity index (χ1n) is 8.95. The SMILES string of the molecule is C[C@@H]1CN(c2ccccc2NC(=O)[C@@H](C)OCC2CC2)C[C@H](C)O1. The average Bonchev–Trinajstić information content (AvgIpc) is 3.36. The predicted molar refractivity (Wildman–Crippen MR) is 95.4 cm³/mol. The third-order valence-electron chi connectivity index (χ3n) is 4.57. The van der Waals surface area contributed by atoms with Crippen LogP contribution in [-0.2, 0) is 14.3 Å². The molecule has 1 heterocycles. The van der Waals surface area contributed by atoms with E-state index in [9.17, 15) is 4.79 Å². The van der Waals surface area contributed by atoms with Gasteiger partial charge >= 0.3 is 0 Å². The number of ether oxygens (including phenoxy) is 2. The van der Waals surface area contributed by atoms with Crippen molar-refractivity contribution < 1.29 is 14.3 Å². The van der Waals surface area contributed by atoms with Crippen LogP contribution in [0, 0.1) is 5.92 Å². The van der Waals surface area contributed by atoms with Gasteiger partial charge in [0.2, 0.25) is 0 Å². The minimum Gasteiger partial charge on any atom is -0.372 e. The van der Waals surface area contributed by atoms with Crippen molar-refractivity contribution >= 4 is 17.3 Å². The fraction of sp³-hybridized carbons (Fsp3) is 0.632. The molecule has 0 spiro atoms. The molecular weight excluding hydrogens is 304 g/mol. The lowest BCUT2D eigenvalue weighted by Crippen LogP contribution is -2.45. The van der Waals surface area contributed by atoms with Crippen molar-refractivity contribution in [1.29, 1.82) is 0 Å². The standard InChI is InChI=1S/C19H28N2O3/c1-13-10-21(11-14(2)24-13)18-7-5-4-6-17(18)20-19(22)15(3)23-12-16-8-9-16/h4-7,13-16H,8-12H2,1-3H3,(H,20,22)/t13-,14+,15-/m1/s1. The summed E-state index contributed by atoms with van der Waals surface area (Å²) in [5.74, 6) is 0.571. The lowest BCUT2D eigenvalue weighted by Gasteiger charge is -2.37. The molecular formula is C19H28N2O3. The summed E-state index contributed by atoms with van der Waals surface area (Å²) in [6, 6.07) is 7.95. The van der Waals surface area contributed by atoms with E-state index >= 15 is 0 Å². The molecule has 0 unspecified atom stereocenters. The maximum atomic E-state index is 12.4. The zero-order valence-electron chi connectivity index (χ0n) is 14.8. The first-order chi connectivity index (χ1) is 11.5. The van der Waals surface area contributed by atoms with Crippen LogP contribution in [-0.4, -0.2) is 43.9 Å². The van der Waals surface area contributed by atoms with Crippen molar-refractivity contribution in [3.05, 3.63) is 24.3 Å². The number of morpholine rings is 1. The normalized spacial score (nSPS) is 25.4. The second-order valence-corrected chi connectivity index (χ2v) is 7.09. The fourth-order valence-electron chi connectivity index (χ4n) is 3.10. The lowest BCUT2D eigenvalue weighted by atomic mass is 10.1. The van der Waals surface area contributed by atoms with Crippen molar-refractivity contribution in [3.8, 4) is 0 Å². The van der Waals surface area contributed by atoms with Crippen molar-refractivity contribution in [1.82, 2.24) is 0 Å². The highest BCUT2D eigenvalue weighted by atomic mass is 16.5. The third-order valence-corrected chi connectivity index (χ3v) is 4.57. The molecule has 1 aromatic rings. The lowest BCUT2D eigenvalue weighted by molar-refractivity contribution is -0.126. The quantitative estimate of drug-likeness (QED) is 0.870. The second kappa shape index (κ2) is 7.53. The van der Waals surface area contributed by atoms with E-state index in [1.807, 2.05) is 25.1 Å². The van der Waals surface area contributed by atoms with Crippen molar-refractivity contribution in [2.45, 2.75) is 51.9 Å². The third kappa shape index (κ3) is 4.48. The van der Waals surface area contributed by atoms with Crippen LogP contribution < -0.4 is 10.2 Å². The Bertz CT molecular complexity index is 563. The molecule has 2 fully saturated rings. The van der Waals surface area contributed by atoms with Gasteiger partial charge in [0, 0.05) is 13.1 Å². The molecule has 1 aliphatic heterocycles. The Morgan fingerprint density at radius 3 is 2.62 bits per heavy atom. The molecule has 0 aromatic heterocycles. The molecule has 132 valence electrons. The van der Waals surface area contributed by atoms with E-state index in [1.165, 1.54) is 12.8 Å². The minimum absolute atomic E-state index is 0.0857. The summed E-state index contributed by atoms with van der Waals surface area (Å²) in [7, 11) is 0. The highest BCUT2D eigenvalue weighted by Crippen LogP contribution is 2.30. The van der Waals surface area contributed by atoms with Gasteiger partial charge < -0.3 is 19.7 Å². The highest BCUT2D eigenvalue weighted by Gasteiger charge is 2.26. The van der Waals surface area contributed by atoms with Gasteiger partial charge in [-0.1, -0.05) is 12.1 Å². The average molecular weight is 332 g/mol. The fourth-order valence-corrected chi connectivity index (χ4v) is 3.10. The topological polar surface area (TPSA) is 50.8 Å². The smallest absolute Gasteiger partial charge is 0.253 e. The largest absolute Gasteiger partial charge is 0.372 e. The Kier molecular flexibility index (Phi) is 5.41. The van der Waals surface area contributed by atoms with E-state index in [-0.39, 0.29) is 18.1 Å². The van der Waals surface area contributed by atoms with Gasteiger partial charge in [-0.25, -0.2) is 0 Å². The van der Waals surface area contributed by atoms with Gasteiger partial charge in [-0.2, -0.15) is 0 Å². The number of para-hydroxylation sites is 2. The van der Waals surface area contributed by atoms with Crippen LogP contribution >= 0.6 is 0 Å². The number of amides is 1. The number of hydrogen-bond acceptors (Lipinski definition) is 4. The number of carbonyl (C=O) groups excluding carboxylic acids is 1. The second-order valence-electron chi connectivity index (χ2n) is 7.09. The van der Waals surface area contributed by atoms with Crippen molar-refractivity contribution in [2.24, 2.45) is 5.92 Å². The summed E-state index contributed by atoms with van der Waals surface area (Å²) >= 11 is 0. The minimum atomic E-state index is -0.429. The summed E-state index contributed by atoms with van der Waals surface area (Å²) < 4.78 is 11.5. The van der Waals surface area contributed by atoms with Gasteiger partial charge in [0.25, 0.3) is 5.91 Å². The monoisotopic (exact) mass is 332 g/mol. The van der Waals surface area contributed by atoms with Crippen LogP contribution in [0.5, 0.6) is 0 Å². The maximum Gasteiger partial charge on any atom is 0.253 e. The van der Waals surface area contributed by atoms with Crippen molar-refractivity contribution in [3.63, 3.8) is 0 Å². The van der Waals surface area contributed by atoms with Crippen LogP contribution in [0.1, 0.15) is 33.6 Å². The number of carbonyl (C=O) groups is 1. The first kappa shape index (κ1) is 17.2. The Balaban J connectivity index is 1.65. The molecule has 5 heteroatoms. The number of nitrogens with one attached hydrogen (secondary N) is 1. The molecule has 1 aromatic carbocycles. The van der Waals surface area contributed by atoms with Crippen LogP contribution in [0.3, 0.4) is 0 Å². The predicted octanol–water partition coefficient (Wildman–Crippen LogP) is 3.05. The van der Waals surface area contributed by atoms with Crippen LogP contribution in [0.4, 0.5) is 11.4 Å². The number of hydrogen-bond donors (Lipinski definition) is 1. The van der Waals surface area contributed by atoms with Gasteiger partial charge in [-0.15, -0.1) is 0 Å². The molecule has 5 nitrogen and oxygen atoms in total. The number of rotatable bonds is 6. The van der Waals surface area contributed by atoms with E-state index in [0.717, 1.165) is 24.5 Å². The molecule has 1 amide bonds. The van der Waals surface area contributed by atoms with Gasteiger partial charge in [-0.05, 0) is 51.7 Å². The molecule has 0 radical (unpaired) electrons. The van der Waals surface area contributed by atoms with Gasteiger partial charge in [0.1, 0.15) is 6.10 Å². The van der Waals surface area contributed by atoms with Gasteiger partial charge in [0.15, 0.2) is 0 Å². The Morgan fingerprint density at radius 1 is 1.29 bits per heavy atom. The van der Waals surface area contributed by atoms with E-state index in [0.29, 0.717) is 12.5 Å². The summed E-state index contributed by atoms with van der Waals surface area (Å²) in [4.78, 5) is 14.7. The number of benzene rings is 1. The van der Waals surface area contributed by atoms with E-state index in [2.05, 4.69) is 30.1 Å². The molecule has 3 atom stereocenters. The van der Waals surface area contributed by atoms with Crippen LogP contribution in [0.15, 0.2) is 24.3 Å². The summed E-state index contributed by atoms with van der Waals surface area (Å²) in [6.45, 7) is 8.32. The molecule has 1 saturated carbocycles. The summed E-state index contributed by atoms with van der Waals surface area (Å²) in [6.07, 6.45) is 2.38. The molecule has 3 rings (SSSR count). The Labute approximate surface area is 144 Å². The number of nitrogens with zero attached hydrogens (tertiary/aromatic N) is 1. The number of anilines is 2. The van der Waals surface area contributed by atoms with E-state index in [1.54, 1.807) is 0 Å². The molecule has 1 aliphatic carbocycles. The molecule has 2 aliphatic rings. The highest BCUT2D eigenvalue weighted by molar-refractivity contribution is 5.97. The zero-order valence-corrected chi connectivity index (χ0v) is 14.8. The van der Waals surface area contributed by atoms with Crippen LogP contribution in [0.2, 0.25) is 0 Å². The van der Waals surface area contributed by atoms with Crippen LogP contribution in [0.25, 0.3) is 0 Å². The summed E-state index contributed by atoms with van der Waals surface area (Å²) in [5, 5.41) is 3.03. The Hall–Kier alpha value is -1.59.